The number of likely N-dealkylation sites (tertiary alicyclic amines) is 1. The second-order valence-corrected chi connectivity index (χ2v) is 8.38. The van der Waals surface area contributed by atoms with Gasteiger partial charge in [-0.1, -0.05) is 0 Å². The summed E-state index contributed by atoms with van der Waals surface area (Å²) in [5.41, 5.74) is 1.82. The Hall–Kier alpha value is -2.54. The third-order valence-corrected chi connectivity index (χ3v) is 6.41. The second-order valence-electron chi connectivity index (χ2n) is 8.38. The van der Waals surface area contributed by atoms with Crippen LogP contribution >= 0.6 is 0 Å². The first-order valence-electron chi connectivity index (χ1n) is 10.5. The molecule has 0 aromatic carbocycles. The van der Waals surface area contributed by atoms with Gasteiger partial charge < -0.3 is 24.0 Å². The molecule has 4 rings (SSSR count). The molecule has 29 heavy (non-hydrogen) atoms. The van der Waals surface area contributed by atoms with Gasteiger partial charge in [0.15, 0.2) is 0 Å². The third kappa shape index (κ3) is 3.96. The van der Waals surface area contributed by atoms with E-state index in [1.165, 1.54) is 0 Å². The normalized spacial score (nSPS) is 18.7. The molecule has 0 N–H and O–H groups in total. The van der Waals surface area contributed by atoms with Crippen LogP contribution < -0.4 is 4.90 Å². The molecule has 0 spiro atoms. The minimum Gasteiger partial charge on any atom is -0.354 e. The molecule has 2 amide bonds. The predicted molar refractivity (Wildman–Crippen MR) is 114 cm³/mol. The van der Waals surface area contributed by atoms with E-state index in [9.17, 15) is 9.59 Å². The van der Waals surface area contributed by atoms with E-state index in [1.54, 1.807) is 6.92 Å². The summed E-state index contributed by atoms with van der Waals surface area (Å²) in [6.07, 6.45) is 4.02. The van der Waals surface area contributed by atoms with Crippen molar-refractivity contribution in [3.63, 3.8) is 0 Å². The van der Waals surface area contributed by atoms with E-state index >= 15 is 0 Å². The van der Waals surface area contributed by atoms with Crippen LogP contribution in [0.5, 0.6) is 0 Å². The van der Waals surface area contributed by atoms with Crippen molar-refractivity contribution in [2.24, 2.45) is 0 Å². The molecule has 0 aliphatic carbocycles. The lowest BCUT2D eigenvalue weighted by atomic mass is 10.0. The lowest BCUT2D eigenvalue weighted by molar-refractivity contribution is -0.129. The SMILES string of the molecule is CC(=O)N1CCN(c2ccc3ccc(C(=O)N4CCC(N(C)C)CC4)cn23)CC1. The second kappa shape index (κ2) is 8.06. The first-order valence-corrected chi connectivity index (χ1v) is 10.5. The van der Waals surface area contributed by atoms with Gasteiger partial charge in [-0.3, -0.25) is 9.59 Å². The highest BCUT2D eigenvalue weighted by Gasteiger charge is 2.25. The largest absolute Gasteiger partial charge is 0.354 e. The van der Waals surface area contributed by atoms with Gasteiger partial charge in [0.2, 0.25) is 5.91 Å². The number of hydrogen-bond donors (Lipinski definition) is 0. The van der Waals surface area contributed by atoms with Crippen LogP contribution in [0, 0.1) is 0 Å². The van der Waals surface area contributed by atoms with Crippen molar-refractivity contribution in [3.05, 3.63) is 36.0 Å². The maximum atomic E-state index is 13.1. The number of fused-ring (bicyclic) bond motifs is 1. The number of pyridine rings is 1. The van der Waals surface area contributed by atoms with Gasteiger partial charge in [0.1, 0.15) is 5.82 Å². The number of piperidine rings is 1. The lowest BCUT2D eigenvalue weighted by Gasteiger charge is -2.36. The van der Waals surface area contributed by atoms with Crippen LogP contribution in [0.25, 0.3) is 5.52 Å². The van der Waals surface area contributed by atoms with Crippen molar-refractivity contribution < 1.29 is 9.59 Å². The Bertz CT molecular complexity index is 890. The average Bonchev–Trinajstić information content (AvgIpc) is 3.16. The van der Waals surface area contributed by atoms with E-state index < -0.39 is 0 Å². The van der Waals surface area contributed by atoms with Gasteiger partial charge in [-0.15, -0.1) is 0 Å². The zero-order chi connectivity index (χ0) is 20.5. The van der Waals surface area contributed by atoms with Crippen LogP contribution in [0.3, 0.4) is 0 Å². The van der Waals surface area contributed by atoms with Crippen molar-refractivity contribution in [3.8, 4) is 0 Å². The Morgan fingerprint density at radius 1 is 0.897 bits per heavy atom. The van der Waals surface area contributed by atoms with Gasteiger partial charge in [0.05, 0.1) is 5.56 Å². The molecular weight excluding hydrogens is 366 g/mol. The van der Waals surface area contributed by atoms with E-state index in [0.29, 0.717) is 6.04 Å². The monoisotopic (exact) mass is 397 g/mol. The van der Waals surface area contributed by atoms with Gasteiger partial charge in [0, 0.05) is 63.9 Å². The zero-order valence-corrected chi connectivity index (χ0v) is 17.7. The van der Waals surface area contributed by atoms with Crippen molar-refractivity contribution >= 4 is 23.1 Å². The number of anilines is 1. The Morgan fingerprint density at radius 3 is 2.17 bits per heavy atom. The van der Waals surface area contributed by atoms with Crippen LogP contribution in [-0.4, -0.2) is 90.3 Å². The molecular formula is C22H31N5O2. The van der Waals surface area contributed by atoms with Gasteiger partial charge >= 0.3 is 0 Å². The fraction of sp³-hybridized carbons (Fsp3) is 0.545. The van der Waals surface area contributed by atoms with Crippen molar-refractivity contribution in [2.75, 3.05) is 58.3 Å². The number of hydrogen-bond acceptors (Lipinski definition) is 4. The predicted octanol–water partition coefficient (Wildman–Crippen LogP) is 1.77. The summed E-state index contributed by atoms with van der Waals surface area (Å²) in [5, 5.41) is 0. The van der Waals surface area contributed by atoms with E-state index in [0.717, 1.165) is 69.0 Å². The highest BCUT2D eigenvalue weighted by Crippen LogP contribution is 2.23. The molecule has 0 atom stereocenters. The van der Waals surface area contributed by atoms with Gasteiger partial charge in [-0.05, 0) is 51.2 Å². The minimum absolute atomic E-state index is 0.116. The first-order chi connectivity index (χ1) is 13.9. The molecule has 0 bridgehead atoms. The van der Waals surface area contributed by atoms with E-state index in [1.807, 2.05) is 28.1 Å². The number of amides is 2. The number of carbonyl (C=O) groups excluding carboxylic acids is 2. The first kappa shape index (κ1) is 19.8. The van der Waals surface area contributed by atoms with Crippen LogP contribution in [0.1, 0.15) is 30.1 Å². The van der Waals surface area contributed by atoms with E-state index in [-0.39, 0.29) is 11.8 Å². The van der Waals surface area contributed by atoms with E-state index in [2.05, 4.69) is 40.4 Å². The number of carbonyl (C=O) groups is 2. The summed E-state index contributed by atoms with van der Waals surface area (Å²) in [7, 11) is 4.22. The Labute approximate surface area is 172 Å². The summed E-state index contributed by atoms with van der Waals surface area (Å²) >= 11 is 0. The summed E-state index contributed by atoms with van der Waals surface area (Å²) in [6, 6.07) is 8.72. The van der Waals surface area contributed by atoms with Crippen LogP contribution in [-0.2, 0) is 4.79 Å². The van der Waals surface area contributed by atoms with Crippen molar-refractivity contribution in [2.45, 2.75) is 25.8 Å². The van der Waals surface area contributed by atoms with Gasteiger partial charge in [0.25, 0.3) is 5.91 Å². The molecule has 2 saturated heterocycles. The summed E-state index contributed by atoms with van der Waals surface area (Å²) in [6.45, 7) is 6.34. The molecule has 4 heterocycles. The molecule has 0 radical (unpaired) electrons. The quantitative estimate of drug-likeness (QED) is 0.792. The van der Waals surface area contributed by atoms with Crippen LogP contribution in [0.15, 0.2) is 30.5 Å². The summed E-state index contributed by atoms with van der Waals surface area (Å²) in [5.74, 6) is 1.34. The summed E-state index contributed by atoms with van der Waals surface area (Å²) < 4.78 is 2.11. The average molecular weight is 398 g/mol. The number of aromatic nitrogens is 1. The van der Waals surface area contributed by atoms with Crippen molar-refractivity contribution in [1.29, 1.82) is 0 Å². The molecule has 2 aromatic heterocycles. The highest BCUT2D eigenvalue weighted by molar-refractivity contribution is 5.94. The lowest BCUT2D eigenvalue weighted by Crippen LogP contribution is -2.48. The molecule has 156 valence electrons. The Kier molecular flexibility index (Phi) is 5.50. The maximum absolute atomic E-state index is 13.1. The Morgan fingerprint density at radius 2 is 1.55 bits per heavy atom. The topological polar surface area (TPSA) is 51.5 Å². The Balaban J connectivity index is 1.50. The number of rotatable bonds is 3. The molecule has 2 aliphatic heterocycles. The van der Waals surface area contributed by atoms with Gasteiger partial charge in [-0.25, -0.2) is 0 Å². The molecule has 2 aromatic rings. The smallest absolute Gasteiger partial charge is 0.255 e. The van der Waals surface area contributed by atoms with Crippen LogP contribution in [0.2, 0.25) is 0 Å². The minimum atomic E-state index is 0.116. The number of piperazine rings is 1. The van der Waals surface area contributed by atoms with Crippen molar-refractivity contribution in [1.82, 2.24) is 19.1 Å². The molecule has 0 saturated carbocycles. The standard InChI is InChI=1S/C22H31N5O2/c1-17(28)24-12-14-25(15-13-24)21-7-6-20-5-4-18(16-27(20)21)22(29)26-10-8-19(9-11-26)23(2)3/h4-7,16,19H,8-15H2,1-3H3. The fourth-order valence-corrected chi connectivity index (χ4v) is 4.49. The van der Waals surface area contributed by atoms with Gasteiger partial charge in [-0.2, -0.15) is 0 Å². The highest BCUT2D eigenvalue weighted by atomic mass is 16.2. The zero-order valence-electron chi connectivity index (χ0n) is 17.7. The summed E-state index contributed by atoms with van der Waals surface area (Å²) in [4.78, 5) is 33.1. The van der Waals surface area contributed by atoms with E-state index in [4.69, 9.17) is 0 Å². The molecule has 2 aliphatic rings. The molecule has 7 heteroatoms. The fourth-order valence-electron chi connectivity index (χ4n) is 4.49. The number of nitrogens with zero attached hydrogens (tertiary/aromatic N) is 5. The molecule has 2 fully saturated rings. The van der Waals surface area contributed by atoms with Crippen LogP contribution in [0.4, 0.5) is 5.82 Å². The molecule has 0 unspecified atom stereocenters. The third-order valence-electron chi connectivity index (χ3n) is 6.41. The molecule has 7 nitrogen and oxygen atoms in total. The maximum Gasteiger partial charge on any atom is 0.255 e.